The Bertz CT molecular complexity index is 89.0. The topological polar surface area (TPSA) is 46.5 Å². The van der Waals surface area contributed by atoms with Gasteiger partial charge in [-0.1, -0.05) is 19.8 Å². The third kappa shape index (κ3) is 11.5. The van der Waals surface area contributed by atoms with Gasteiger partial charge in [0.1, 0.15) is 6.61 Å². The zero-order valence-corrected chi connectivity index (χ0v) is 8.85. The van der Waals surface area contributed by atoms with Crippen LogP contribution < -0.4 is 0 Å². The fourth-order valence-electron chi connectivity index (χ4n) is 0.495. The van der Waals surface area contributed by atoms with E-state index in [1.165, 1.54) is 0 Å². The molecule has 0 aliphatic rings. The zero-order valence-electron chi connectivity index (χ0n) is 5.95. The molecule has 3 nitrogen and oxygen atoms in total. The third-order valence-electron chi connectivity index (χ3n) is 0.950. The molecule has 5 heteroatoms. The zero-order chi connectivity index (χ0) is 7.11. The van der Waals surface area contributed by atoms with Crippen LogP contribution in [-0.4, -0.2) is 11.5 Å². The van der Waals surface area contributed by atoms with Crippen molar-refractivity contribution in [3.05, 3.63) is 0 Å². The van der Waals surface area contributed by atoms with E-state index in [0.29, 0.717) is 6.61 Å². The summed E-state index contributed by atoms with van der Waals surface area (Å²) in [5.41, 5.74) is 0. The van der Waals surface area contributed by atoms with Crippen LogP contribution in [0.25, 0.3) is 0 Å². The quantitative estimate of drug-likeness (QED) is 0.458. The number of unbranched alkanes of at least 4 members (excludes halogenated alkanes) is 2. The molecule has 10 heavy (non-hydrogen) atoms. The Morgan fingerprint density at radius 1 is 1.50 bits per heavy atom. The van der Waals surface area contributed by atoms with Crippen LogP contribution in [0, 0.1) is 0 Å². The molecule has 0 saturated heterocycles. The first-order valence-corrected chi connectivity index (χ1v) is 4.19. The smallest absolute Gasteiger partial charge is 0.133 e. The first-order valence-electron chi connectivity index (χ1n) is 3.06. The summed E-state index contributed by atoms with van der Waals surface area (Å²) in [5.74, 6) is 0. The van der Waals surface area contributed by atoms with E-state index in [1.807, 2.05) is 0 Å². The molecule has 0 fully saturated rings. The predicted octanol–water partition coefficient (Wildman–Crippen LogP) is 1.84. The summed E-state index contributed by atoms with van der Waals surface area (Å²) in [7, 11) is -2.37. The summed E-state index contributed by atoms with van der Waals surface area (Å²) in [6.07, 6.45) is 3.03. The van der Waals surface area contributed by atoms with Gasteiger partial charge < -0.3 is 0 Å². The Labute approximate surface area is 76.4 Å². The third-order valence-corrected chi connectivity index (χ3v) is 1.35. The van der Waals surface area contributed by atoms with Crippen LogP contribution in [-0.2, 0) is 30.2 Å². The molecule has 0 aromatic heterocycles. The van der Waals surface area contributed by atoms with Gasteiger partial charge in [0.25, 0.3) is 0 Å². The second-order valence-electron chi connectivity index (χ2n) is 1.78. The van der Waals surface area contributed by atoms with Crippen molar-refractivity contribution in [2.75, 3.05) is 6.61 Å². The van der Waals surface area contributed by atoms with E-state index < -0.39 is 8.25 Å². The molecule has 0 spiro atoms. The average Bonchev–Trinajstić information content (AvgIpc) is 1.80. The van der Waals surface area contributed by atoms with Crippen molar-refractivity contribution in [2.45, 2.75) is 26.2 Å². The summed E-state index contributed by atoms with van der Waals surface area (Å²) >= 11 is 0. The van der Waals surface area contributed by atoms with Gasteiger partial charge >= 0.3 is 8.25 Å². The van der Waals surface area contributed by atoms with Crippen LogP contribution in [0.2, 0.25) is 0 Å². The van der Waals surface area contributed by atoms with Crippen molar-refractivity contribution in [1.82, 2.24) is 0 Å². The number of hydrogen-bond acceptors (Lipinski definition) is 2. The molecule has 0 radical (unpaired) electrons. The van der Waals surface area contributed by atoms with Crippen molar-refractivity contribution in [1.29, 1.82) is 0 Å². The minimum Gasteiger partial charge on any atom is -0.133 e. The first kappa shape index (κ1) is 13.3. The van der Waals surface area contributed by atoms with E-state index >= 15 is 0 Å². The summed E-state index contributed by atoms with van der Waals surface area (Å²) in [5, 5.41) is 0. The molecule has 0 aromatic carbocycles. The molecular weight excluding hydrogens is 235 g/mol. The SMILES string of the molecule is CCCCCO[P+](=O)O.[Mo]. The van der Waals surface area contributed by atoms with Crippen LogP contribution in [0.15, 0.2) is 0 Å². The van der Waals surface area contributed by atoms with Gasteiger partial charge in [-0.05, 0) is 6.42 Å². The molecule has 0 aliphatic carbocycles. The van der Waals surface area contributed by atoms with Crippen LogP contribution >= 0.6 is 8.25 Å². The summed E-state index contributed by atoms with van der Waals surface area (Å²) < 4.78 is 14.3. The van der Waals surface area contributed by atoms with E-state index in [9.17, 15) is 4.57 Å². The van der Waals surface area contributed by atoms with Crippen molar-refractivity contribution >= 4 is 8.25 Å². The molecule has 60 valence electrons. The first-order chi connectivity index (χ1) is 4.27. The molecular formula is C5H12MoO3P+. The summed E-state index contributed by atoms with van der Waals surface area (Å²) in [6, 6.07) is 0. The van der Waals surface area contributed by atoms with Gasteiger partial charge in [-0.3, -0.25) is 0 Å². The molecule has 0 bridgehead atoms. The van der Waals surface area contributed by atoms with Crippen molar-refractivity contribution in [3.63, 3.8) is 0 Å². The Morgan fingerprint density at radius 3 is 2.50 bits per heavy atom. The molecule has 1 atom stereocenters. The van der Waals surface area contributed by atoms with Crippen molar-refractivity contribution < 1.29 is 35.0 Å². The molecule has 0 aromatic rings. The van der Waals surface area contributed by atoms with Crippen LogP contribution in [0.5, 0.6) is 0 Å². The van der Waals surface area contributed by atoms with Gasteiger partial charge in [-0.2, -0.15) is 0 Å². The summed E-state index contributed by atoms with van der Waals surface area (Å²) in [4.78, 5) is 8.14. The summed E-state index contributed by atoms with van der Waals surface area (Å²) in [6.45, 7) is 2.47. The Morgan fingerprint density at radius 2 is 2.10 bits per heavy atom. The molecule has 1 unspecified atom stereocenters. The van der Waals surface area contributed by atoms with Crippen LogP contribution in [0.1, 0.15) is 26.2 Å². The maximum atomic E-state index is 9.89. The molecule has 1 N–H and O–H groups in total. The molecule has 0 aliphatic heterocycles. The molecule has 0 saturated carbocycles. The van der Waals surface area contributed by atoms with Gasteiger partial charge in [-0.25, -0.2) is 0 Å². The van der Waals surface area contributed by atoms with E-state index in [-0.39, 0.29) is 21.1 Å². The Hall–Kier alpha value is 0.708. The van der Waals surface area contributed by atoms with E-state index in [4.69, 9.17) is 4.89 Å². The van der Waals surface area contributed by atoms with Gasteiger partial charge in [0.2, 0.25) is 0 Å². The number of rotatable bonds is 5. The van der Waals surface area contributed by atoms with E-state index in [1.54, 1.807) is 0 Å². The second-order valence-corrected chi connectivity index (χ2v) is 2.51. The van der Waals surface area contributed by atoms with Crippen LogP contribution in [0.3, 0.4) is 0 Å². The molecule has 0 heterocycles. The predicted molar refractivity (Wildman–Crippen MR) is 35.3 cm³/mol. The van der Waals surface area contributed by atoms with Gasteiger partial charge in [0.05, 0.1) is 0 Å². The van der Waals surface area contributed by atoms with E-state index in [2.05, 4.69) is 11.4 Å². The largest absolute Gasteiger partial charge is 0.694 e. The molecule has 0 amide bonds. The number of hydrogen-bond donors (Lipinski definition) is 1. The second kappa shape index (κ2) is 9.71. The molecule has 0 rings (SSSR count). The maximum absolute atomic E-state index is 9.89. The van der Waals surface area contributed by atoms with E-state index in [0.717, 1.165) is 19.3 Å². The maximum Gasteiger partial charge on any atom is 0.694 e. The van der Waals surface area contributed by atoms with Crippen LogP contribution in [0.4, 0.5) is 0 Å². The minimum atomic E-state index is -2.37. The standard InChI is InChI=1S/C5H11O3P.Mo/c1-2-3-4-5-8-9(6)7;/h2-5H2,1H3;/p+1. The fraction of sp³-hybridized carbons (Fsp3) is 1.00. The fourth-order valence-corrected chi connectivity index (χ4v) is 0.780. The Balaban J connectivity index is 0. The van der Waals surface area contributed by atoms with Gasteiger partial charge in [0.15, 0.2) is 0 Å². The minimum absolute atomic E-state index is 0. The monoisotopic (exact) mass is 249 g/mol. The van der Waals surface area contributed by atoms with Gasteiger partial charge in [-0.15, -0.1) is 9.42 Å². The van der Waals surface area contributed by atoms with Crippen molar-refractivity contribution in [3.8, 4) is 0 Å². The average molecular weight is 247 g/mol. The normalized spacial score (nSPS) is 10.4. The van der Waals surface area contributed by atoms with Crippen molar-refractivity contribution in [2.24, 2.45) is 0 Å². The van der Waals surface area contributed by atoms with Gasteiger partial charge in [0, 0.05) is 25.6 Å². The Kier molecular flexibility index (Phi) is 12.9.